The zero-order valence-electron chi connectivity index (χ0n) is 15.5. The topological polar surface area (TPSA) is 50.2 Å². The van der Waals surface area contributed by atoms with E-state index in [-0.39, 0.29) is 11.9 Å². The maximum Gasteiger partial charge on any atom is 0.272 e. The highest BCUT2D eigenvalue weighted by atomic mass is 16.2. The summed E-state index contributed by atoms with van der Waals surface area (Å²) in [5.74, 6) is -0.0296. The second-order valence-corrected chi connectivity index (χ2v) is 7.03. The molecule has 1 aliphatic rings. The van der Waals surface area contributed by atoms with Crippen LogP contribution in [-0.4, -0.2) is 46.3 Å². The van der Waals surface area contributed by atoms with Crippen molar-refractivity contribution in [2.24, 2.45) is 0 Å². The molecule has 5 heteroatoms. The molecular weight excluding hydrogens is 312 g/mol. The Hall–Kier alpha value is -1.88. The number of carbonyl (C=O) groups is 1. The molecule has 1 aliphatic heterocycles. The maximum atomic E-state index is 12.8. The summed E-state index contributed by atoms with van der Waals surface area (Å²) >= 11 is 0. The van der Waals surface area contributed by atoms with Crippen LogP contribution in [0.3, 0.4) is 0 Å². The van der Waals surface area contributed by atoms with Gasteiger partial charge in [-0.2, -0.15) is 5.10 Å². The third-order valence-electron chi connectivity index (χ3n) is 5.06. The fourth-order valence-electron chi connectivity index (χ4n) is 3.61. The number of carbonyl (C=O) groups excluding carboxylic acids is 1. The third-order valence-corrected chi connectivity index (χ3v) is 5.06. The molecule has 0 bridgehead atoms. The minimum absolute atomic E-state index is 0.0296. The SMILES string of the molecule is CCCCN1CCC(NC(=O)c2nn(CCC)c3ccccc23)CC1. The van der Waals surface area contributed by atoms with Crippen LogP contribution in [0.2, 0.25) is 0 Å². The van der Waals surface area contributed by atoms with E-state index in [4.69, 9.17) is 0 Å². The Labute approximate surface area is 150 Å². The van der Waals surface area contributed by atoms with Crippen LogP contribution in [0, 0.1) is 0 Å². The number of nitrogens with zero attached hydrogens (tertiary/aromatic N) is 3. The van der Waals surface area contributed by atoms with Crippen LogP contribution in [0.4, 0.5) is 0 Å². The summed E-state index contributed by atoms with van der Waals surface area (Å²) in [6.45, 7) is 8.54. The van der Waals surface area contributed by atoms with Crippen LogP contribution in [0.1, 0.15) is 56.4 Å². The van der Waals surface area contributed by atoms with E-state index in [0.717, 1.165) is 49.8 Å². The summed E-state index contributed by atoms with van der Waals surface area (Å²) in [6.07, 6.45) is 5.57. The molecule has 0 spiro atoms. The first-order valence-electron chi connectivity index (χ1n) is 9.71. The van der Waals surface area contributed by atoms with Gasteiger partial charge in [0.05, 0.1) is 5.52 Å². The number of amides is 1. The summed E-state index contributed by atoms with van der Waals surface area (Å²) in [6, 6.07) is 8.28. The quantitative estimate of drug-likeness (QED) is 0.838. The van der Waals surface area contributed by atoms with E-state index in [1.165, 1.54) is 19.4 Å². The molecule has 25 heavy (non-hydrogen) atoms. The van der Waals surface area contributed by atoms with Crippen LogP contribution in [0.25, 0.3) is 10.9 Å². The number of fused-ring (bicyclic) bond motifs is 1. The number of benzene rings is 1. The van der Waals surface area contributed by atoms with E-state index in [0.29, 0.717) is 5.69 Å². The molecule has 1 aromatic heterocycles. The molecule has 136 valence electrons. The molecule has 2 aromatic rings. The van der Waals surface area contributed by atoms with E-state index in [1.807, 2.05) is 28.9 Å². The normalized spacial score (nSPS) is 16.4. The highest BCUT2D eigenvalue weighted by Gasteiger charge is 2.23. The molecule has 3 rings (SSSR count). The van der Waals surface area contributed by atoms with Crippen molar-refractivity contribution in [1.29, 1.82) is 0 Å². The highest BCUT2D eigenvalue weighted by molar-refractivity contribution is 6.04. The molecule has 0 unspecified atom stereocenters. The monoisotopic (exact) mass is 342 g/mol. The van der Waals surface area contributed by atoms with Crippen molar-refractivity contribution >= 4 is 16.8 Å². The fraction of sp³-hybridized carbons (Fsp3) is 0.600. The molecule has 0 atom stereocenters. The molecule has 0 aliphatic carbocycles. The molecule has 2 heterocycles. The molecule has 0 radical (unpaired) electrons. The smallest absolute Gasteiger partial charge is 0.272 e. The summed E-state index contributed by atoms with van der Waals surface area (Å²) in [5, 5.41) is 8.76. The number of para-hydroxylation sites is 1. The minimum Gasteiger partial charge on any atom is -0.348 e. The summed E-state index contributed by atoms with van der Waals surface area (Å²) in [5.41, 5.74) is 1.61. The first kappa shape index (κ1) is 17.9. The molecule has 0 saturated carbocycles. The first-order chi connectivity index (χ1) is 12.2. The van der Waals surface area contributed by atoms with Crippen molar-refractivity contribution < 1.29 is 4.79 Å². The molecule has 5 nitrogen and oxygen atoms in total. The molecular formula is C20H30N4O. The van der Waals surface area contributed by atoms with Gasteiger partial charge in [-0.3, -0.25) is 9.48 Å². The summed E-state index contributed by atoms with van der Waals surface area (Å²) in [7, 11) is 0. The van der Waals surface area contributed by atoms with Gasteiger partial charge in [-0.15, -0.1) is 0 Å². The molecule has 1 aromatic carbocycles. The lowest BCUT2D eigenvalue weighted by atomic mass is 10.0. The van der Waals surface area contributed by atoms with Gasteiger partial charge in [0.25, 0.3) is 5.91 Å². The number of aryl methyl sites for hydroxylation is 1. The largest absolute Gasteiger partial charge is 0.348 e. The number of piperidine rings is 1. The van der Waals surface area contributed by atoms with Gasteiger partial charge in [-0.05, 0) is 38.3 Å². The van der Waals surface area contributed by atoms with E-state index >= 15 is 0 Å². The van der Waals surface area contributed by atoms with E-state index < -0.39 is 0 Å². The minimum atomic E-state index is -0.0296. The Balaban J connectivity index is 1.65. The van der Waals surface area contributed by atoms with Crippen LogP contribution in [0.15, 0.2) is 24.3 Å². The molecule has 1 fully saturated rings. The van der Waals surface area contributed by atoms with Gasteiger partial charge in [0.2, 0.25) is 0 Å². The van der Waals surface area contributed by atoms with Gasteiger partial charge in [0.15, 0.2) is 5.69 Å². The van der Waals surface area contributed by atoms with Gasteiger partial charge in [0.1, 0.15) is 0 Å². The van der Waals surface area contributed by atoms with Crippen molar-refractivity contribution in [3.05, 3.63) is 30.0 Å². The van der Waals surface area contributed by atoms with Crippen LogP contribution < -0.4 is 5.32 Å². The lowest BCUT2D eigenvalue weighted by molar-refractivity contribution is 0.0906. The Bertz CT molecular complexity index is 701. The average Bonchev–Trinajstić information content (AvgIpc) is 3.00. The lowest BCUT2D eigenvalue weighted by Gasteiger charge is -2.32. The Kier molecular flexibility index (Phi) is 6.08. The van der Waals surface area contributed by atoms with E-state index in [2.05, 4.69) is 29.2 Å². The van der Waals surface area contributed by atoms with E-state index in [9.17, 15) is 4.79 Å². The number of hydrogen-bond acceptors (Lipinski definition) is 3. The van der Waals surface area contributed by atoms with Gasteiger partial charge in [-0.1, -0.05) is 38.5 Å². The van der Waals surface area contributed by atoms with Crippen molar-refractivity contribution in [2.75, 3.05) is 19.6 Å². The average molecular weight is 342 g/mol. The Morgan fingerprint density at radius 3 is 2.64 bits per heavy atom. The van der Waals surface area contributed by atoms with Gasteiger partial charge in [0, 0.05) is 31.1 Å². The second kappa shape index (κ2) is 8.48. The van der Waals surface area contributed by atoms with Crippen molar-refractivity contribution in [3.8, 4) is 0 Å². The number of aromatic nitrogens is 2. The van der Waals surface area contributed by atoms with Crippen molar-refractivity contribution in [2.45, 2.75) is 58.5 Å². The van der Waals surface area contributed by atoms with Crippen LogP contribution >= 0.6 is 0 Å². The zero-order chi connectivity index (χ0) is 17.6. The summed E-state index contributed by atoms with van der Waals surface area (Å²) < 4.78 is 1.96. The number of unbranched alkanes of at least 4 members (excludes halogenated alkanes) is 1. The first-order valence-corrected chi connectivity index (χ1v) is 9.71. The number of rotatable bonds is 7. The molecule has 1 N–H and O–H groups in total. The molecule has 1 saturated heterocycles. The lowest BCUT2D eigenvalue weighted by Crippen LogP contribution is -2.45. The Morgan fingerprint density at radius 1 is 1.16 bits per heavy atom. The second-order valence-electron chi connectivity index (χ2n) is 7.03. The predicted octanol–water partition coefficient (Wildman–Crippen LogP) is 3.44. The number of hydrogen-bond donors (Lipinski definition) is 1. The summed E-state index contributed by atoms with van der Waals surface area (Å²) in [4.78, 5) is 15.3. The number of likely N-dealkylation sites (tertiary alicyclic amines) is 1. The van der Waals surface area contributed by atoms with Crippen molar-refractivity contribution in [1.82, 2.24) is 20.0 Å². The highest BCUT2D eigenvalue weighted by Crippen LogP contribution is 2.20. The Morgan fingerprint density at radius 2 is 1.92 bits per heavy atom. The van der Waals surface area contributed by atoms with Gasteiger partial charge >= 0.3 is 0 Å². The van der Waals surface area contributed by atoms with E-state index in [1.54, 1.807) is 0 Å². The van der Waals surface area contributed by atoms with Crippen LogP contribution in [-0.2, 0) is 6.54 Å². The van der Waals surface area contributed by atoms with Crippen molar-refractivity contribution in [3.63, 3.8) is 0 Å². The van der Waals surface area contributed by atoms with Gasteiger partial charge in [-0.25, -0.2) is 0 Å². The van der Waals surface area contributed by atoms with Gasteiger partial charge < -0.3 is 10.2 Å². The fourth-order valence-corrected chi connectivity index (χ4v) is 3.61. The predicted molar refractivity (Wildman–Crippen MR) is 102 cm³/mol. The van der Waals surface area contributed by atoms with Crippen LogP contribution in [0.5, 0.6) is 0 Å². The molecule has 1 amide bonds. The maximum absolute atomic E-state index is 12.8. The zero-order valence-corrected chi connectivity index (χ0v) is 15.5. The number of nitrogens with one attached hydrogen (secondary N) is 1. The standard InChI is InChI=1S/C20H30N4O/c1-3-5-13-23-14-10-16(11-15-23)21-20(25)19-17-8-6-7-9-18(17)24(22-19)12-4-2/h6-9,16H,3-5,10-15H2,1-2H3,(H,21,25). The third kappa shape index (κ3) is 4.21.